The lowest BCUT2D eigenvalue weighted by Crippen LogP contribution is -2.46. The number of hydrogen-bond donors (Lipinski definition) is 1. The first-order valence-corrected chi connectivity index (χ1v) is 7.98. The van der Waals surface area contributed by atoms with Crippen molar-refractivity contribution in [1.82, 2.24) is 9.88 Å². The van der Waals surface area contributed by atoms with Gasteiger partial charge in [0.05, 0.1) is 0 Å². The molecule has 3 nitrogen and oxygen atoms in total. The maximum atomic E-state index is 5.98. The first-order valence-electron chi connectivity index (χ1n) is 6.20. The molecule has 1 saturated heterocycles. The fraction of sp³-hybridized carbons (Fsp3) is 0.615. The molecule has 1 aromatic heterocycles. The van der Waals surface area contributed by atoms with E-state index in [1.54, 1.807) is 0 Å². The Bertz CT molecular complexity index is 411. The fourth-order valence-electron chi connectivity index (χ4n) is 2.43. The van der Waals surface area contributed by atoms with Gasteiger partial charge in [0.1, 0.15) is 0 Å². The number of rotatable bonds is 3. The van der Waals surface area contributed by atoms with Crippen molar-refractivity contribution in [2.24, 2.45) is 5.73 Å². The molecule has 0 aromatic carbocycles. The SMILES string of the molecule is CC1(C)CN(C(CN)c2cncc(Br)c2)CCS1. The minimum absolute atomic E-state index is 0.273. The minimum Gasteiger partial charge on any atom is -0.329 e. The third-order valence-electron chi connectivity index (χ3n) is 3.23. The molecule has 0 aliphatic carbocycles. The van der Waals surface area contributed by atoms with E-state index in [1.807, 2.05) is 24.2 Å². The summed E-state index contributed by atoms with van der Waals surface area (Å²) in [6.07, 6.45) is 3.74. The summed E-state index contributed by atoms with van der Waals surface area (Å²) < 4.78 is 1.33. The second-order valence-electron chi connectivity index (χ2n) is 5.27. The molecule has 1 aromatic rings. The summed E-state index contributed by atoms with van der Waals surface area (Å²) in [4.78, 5) is 6.74. The largest absolute Gasteiger partial charge is 0.329 e. The summed E-state index contributed by atoms with van der Waals surface area (Å²) in [6, 6.07) is 2.40. The van der Waals surface area contributed by atoms with Crippen LogP contribution in [0.15, 0.2) is 22.9 Å². The van der Waals surface area contributed by atoms with Crippen molar-refractivity contribution in [3.05, 3.63) is 28.5 Å². The second-order valence-corrected chi connectivity index (χ2v) is 7.98. The van der Waals surface area contributed by atoms with E-state index in [2.05, 4.69) is 45.7 Å². The summed E-state index contributed by atoms with van der Waals surface area (Å²) in [6.45, 7) is 7.42. The zero-order valence-corrected chi connectivity index (χ0v) is 13.3. The molecule has 0 bridgehead atoms. The topological polar surface area (TPSA) is 42.1 Å². The van der Waals surface area contributed by atoms with Gasteiger partial charge in [-0.05, 0) is 41.4 Å². The Balaban J connectivity index is 2.18. The number of pyridine rings is 1. The average molecular weight is 330 g/mol. The molecule has 1 unspecified atom stereocenters. The summed E-state index contributed by atoms with van der Waals surface area (Å²) in [5.74, 6) is 1.17. The highest BCUT2D eigenvalue weighted by Gasteiger charge is 2.31. The van der Waals surface area contributed by atoms with Gasteiger partial charge in [0, 0.05) is 53.0 Å². The van der Waals surface area contributed by atoms with Gasteiger partial charge in [-0.1, -0.05) is 0 Å². The monoisotopic (exact) mass is 329 g/mol. The van der Waals surface area contributed by atoms with Crippen molar-refractivity contribution < 1.29 is 0 Å². The predicted molar refractivity (Wildman–Crippen MR) is 81.8 cm³/mol. The number of aromatic nitrogens is 1. The predicted octanol–water partition coefficient (Wildman–Crippen LogP) is 2.67. The van der Waals surface area contributed by atoms with Crippen LogP contribution in [-0.2, 0) is 0 Å². The zero-order valence-electron chi connectivity index (χ0n) is 10.9. The molecule has 5 heteroatoms. The van der Waals surface area contributed by atoms with Crippen LogP contribution in [0.5, 0.6) is 0 Å². The molecule has 2 N–H and O–H groups in total. The van der Waals surface area contributed by atoms with E-state index in [-0.39, 0.29) is 6.04 Å². The van der Waals surface area contributed by atoms with Gasteiger partial charge in [-0.25, -0.2) is 0 Å². The van der Waals surface area contributed by atoms with Crippen molar-refractivity contribution >= 4 is 27.7 Å². The van der Waals surface area contributed by atoms with E-state index in [9.17, 15) is 0 Å². The van der Waals surface area contributed by atoms with Crippen LogP contribution in [0.4, 0.5) is 0 Å². The van der Waals surface area contributed by atoms with E-state index in [0.29, 0.717) is 11.3 Å². The zero-order chi connectivity index (χ0) is 13.2. The molecule has 1 atom stereocenters. The molecule has 1 fully saturated rings. The first-order chi connectivity index (χ1) is 8.52. The van der Waals surface area contributed by atoms with E-state index in [4.69, 9.17) is 5.73 Å². The number of hydrogen-bond acceptors (Lipinski definition) is 4. The van der Waals surface area contributed by atoms with Gasteiger partial charge in [0.15, 0.2) is 0 Å². The molecule has 0 radical (unpaired) electrons. The average Bonchev–Trinajstić information content (AvgIpc) is 2.29. The Hall–Kier alpha value is -0.100. The highest BCUT2D eigenvalue weighted by atomic mass is 79.9. The molecule has 1 aliphatic heterocycles. The lowest BCUT2D eigenvalue weighted by Gasteiger charge is -2.41. The van der Waals surface area contributed by atoms with Gasteiger partial charge in [-0.15, -0.1) is 0 Å². The molecule has 1 aliphatic rings. The van der Waals surface area contributed by atoms with Crippen molar-refractivity contribution in [1.29, 1.82) is 0 Å². The lowest BCUT2D eigenvalue weighted by atomic mass is 10.1. The molecule has 18 heavy (non-hydrogen) atoms. The summed E-state index contributed by atoms with van der Waals surface area (Å²) in [7, 11) is 0. The van der Waals surface area contributed by atoms with Gasteiger partial charge in [-0.2, -0.15) is 11.8 Å². The maximum absolute atomic E-state index is 5.98. The molecule has 0 saturated carbocycles. The highest BCUT2D eigenvalue weighted by molar-refractivity contribution is 9.10. The van der Waals surface area contributed by atoms with E-state index >= 15 is 0 Å². The van der Waals surface area contributed by atoms with Crippen LogP contribution < -0.4 is 5.73 Å². The van der Waals surface area contributed by atoms with E-state index in [0.717, 1.165) is 17.6 Å². The molecule has 0 spiro atoms. The standard InChI is InChI=1S/C13H20BrN3S/c1-13(2)9-17(3-4-18-13)12(6-15)10-5-11(14)8-16-7-10/h5,7-8,12H,3-4,6,9,15H2,1-2H3. The van der Waals surface area contributed by atoms with Crippen molar-refractivity contribution in [3.8, 4) is 0 Å². The minimum atomic E-state index is 0.273. The van der Waals surface area contributed by atoms with Crippen molar-refractivity contribution in [2.45, 2.75) is 24.6 Å². The highest BCUT2D eigenvalue weighted by Crippen LogP contribution is 2.33. The van der Waals surface area contributed by atoms with Crippen LogP contribution in [0.25, 0.3) is 0 Å². The quantitative estimate of drug-likeness (QED) is 0.925. The molecular weight excluding hydrogens is 310 g/mol. The van der Waals surface area contributed by atoms with Gasteiger partial charge >= 0.3 is 0 Å². The maximum Gasteiger partial charge on any atom is 0.0487 e. The van der Waals surface area contributed by atoms with Crippen LogP contribution in [0, 0.1) is 0 Å². The van der Waals surface area contributed by atoms with Gasteiger partial charge in [-0.3, -0.25) is 9.88 Å². The Morgan fingerprint density at radius 2 is 2.33 bits per heavy atom. The van der Waals surface area contributed by atoms with Crippen molar-refractivity contribution in [2.75, 3.05) is 25.4 Å². The smallest absolute Gasteiger partial charge is 0.0487 e. The molecule has 2 rings (SSSR count). The molecule has 0 amide bonds. The molecule has 2 heterocycles. The third-order valence-corrected chi connectivity index (χ3v) is 4.96. The van der Waals surface area contributed by atoms with Gasteiger partial charge in [0.25, 0.3) is 0 Å². The lowest BCUT2D eigenvalue weighted by molar-refractivity contribution is 0.192. The summed E-state index contributed by atoms with van der Waals surface area (Å²) in [5.41, 5.74) is 7.19. The first kappa shape index (κ1) is 14.3. The second kappa shape index (κ2) is 5.90. The summed E-state index contributed by atoms with van der Waals surface area (Å²) >= 11 is 5.52. The number of nitrogens with two attached hydrogens (primary N) is 1. The Kier molecular flexibility index (Phi) is 4.69. The van der Waals surface area contributed by atoms with Gasteiger partial charge in [0.2, 0.25) is 0 Å². The Morgan fingerprint density at radius 3 is 2.94 bits per heavy atom. The fourth-order valence-corrected chi connectivity index (χ4v) is 3.94. The normalized spacial score (nSPS) is 21.8. The van der Waals surface area contributed by atoms with E-state index in [1.165, 1.54) is 11.3 Å². The molecule has 100 valence electrons. The van der Waals surface area contributed by atoms with Crippen LogP contribution in [0.1, 0.15) is 25.5 Å². The summed E-state index contributed by atoms with van der Waals surface area (Å²) in [5, 5.41) is 0. The Morgan fingerprint density at radius 1 is 1.56 bits per heavy atom. The van der Waals surface area contributed by atoms with E-state index < -0.39 is 0 Å². The number of halogens is 1. The molecular formula is C13H20BrN3S. The van der Waals surface area contributed by atoms with Crippen LogP contribution in [0.3, 0.4) is 0 Å². The Labute approximate surface area is 122 Å². The van der Waals surface area contributed by atoms with Gasteiger partial charge < -0.3 is 5.73 Å². The number of thioether (sulfide) groups is 1. The van der Waals surface area contributed by atoms with Crippen LogP contribution in [0.2, 0.25) is 0 Å². The van der Waals surface area contributed by atoms with Crippen LogP contribution in [-0.4, -0.2) is 40.0 Å². The third kappa shape index (κ3) is 3.47. The number of nitrogens with zero attached hydrogens (tertiary/aromatic N) is 2. The van der Waals surface area contributed by atoms with Crippen molar-refractivity contribution in [3.63, 3.8) is 0 Å². The van der Waals surface area contributed by atoms with Crippen LogP contribution >= 0.6 is 27.7 Å².